The van der Waals surface area contributed by atoms with Gasteiger partial charge in [0.25, 0.3) is 0 Å². The van der Waals surface area contributed by atoms with Crippen LogP contribution in [0.3, 0.4) is 0 Å². The summed E-state index contributed by atoms with van der Waals surface area (Å²) in [6.45, 7) is 0. The summed E-state index contributed by atoms with van der Waals surface area (Å²) in [5.74, 6) is 0. The Morgan fingerprint density at radius 2 is 2.00 bits per heavy atom. The molecule has 1 aliphatic carbocycles. The van der Waals surface area contributed by atoms with Crippen molar-refractivity contribution in [3.8, 4) is 6.07 Å². The molecule has 0 saturated heterocycles. The largest absolute Gasteiger partial charge is 0.313 e. The molecule has 1 unspecified atom stereocenters. The van der Waals surface area contributed by atoms with Crippen LogP contribution in [0, 0.1) is 11.3 Å². The molecule has 1 atom stereocenters. The summed E-state index contributed by atoms with van der Waals surface area (Å²) in [6.07, 6.45) is 2.65. The van der Waals surface area contributed by atoms with Crippen LogP contribution in [0.1, 0.15) is 25.7 Å². The van der Waals surface area contributed by atoms with E-state index in [1.165, 1.54) is 0 Å². The van der Waals surface area contributed by atoms with Gasteiger partial charge in [-0.1, -0.05) is 12.8 Å². The smallest absolute Gasteiger partial charge is 0.139 e. The number of alkyl halides is 1. The van der Waals surface area contributed by atoms with E-state index in [1.807, 2.05) is 0 Å². The van der Waals surface area contributed by atoms with Crippen LogP contribution >= 0.6 is 0 Å². The second-order valence-electron chi connectivity index (χ2n) is 2.85. The number of nitrogens with zero attached hydrogens (tertiary/aromatic N) is 1. The molecule has 2 nitrogen and oxygen atoms in total. The first-order chi connectivity index (χ1) is 4.69. The normalized spacial score (nSPS) is 25.7. The highest BCUT2D eigenvalue weighted by molar-refractivity contribution is 5.05. The number of rotatable bonds is 1. The Bertz CT molecular complexity index is 155. The first-order valence-electron chi connectivity index (χ1n) is 3.53. The Hall–Kier alpha value is -0.620. The van der Waals surface area contributed by atoms with Crippen LogP contribution in [0.2, 0.25) is 0 Å². The highest BCUT2D eigenvalue weighted by Crippen LogP contribution is 2.35. The molecule has 0 aromatic rings. The molecule has 1 fully saturated rings. The lowest BCUT2D eigenvalue weighted by molar-refractivity contribution is 0.156. The number of hydrogen-bond acceptors (Lipinski definition) is 2. The second kappa shape index (κ2) is 2.55. The topological polar surface area (TPSA) is 49.8 Å². The minimum atomic E-state index is -1.38. The van der Waals surface area contributed by atoms with Crippen molar-refractivity contribution in [3.05, 3.63) is 0 Å². The first-order valence-corrected chi connectivity index (χ1v) is 3.53. The summed E-state index contributed by atoms with van der Waals surface area (Å²) in [5, 5.41) is 8.35. The van der Waals surface area contributed by atoms with Crippen molar-refractivity contribution >= 4 is 0 Å². The van der Waals surface area contributed by atoms with E-state index in [2.05, 4.69) is 0 Å². The molecule has 0 spiro atoms. The first kappa shape index (κ1) is 7.49. The van der Waals surface area contributed by atoms with Crippen LogP contribution in [0.4, 0.5) is 4.39 Å². The van der Waals surface area contributed by atoms with Gasteiger partial charge in [-0.2, -0.15) is 5.26 Å². The molecule has 10 heavy (non-hydrogen) atoms. The minimum absolute atomic E-state index is 0.460. The summed E-state index contributed by atoms with van der Waals surface area (Å²) in [4.78, 5) is 0. The molecule has 0 amide bonds. The molecule has 1 saturated carbocycles. The van der Waals surface area contributed by atoms with Gasteiger partial charge in [-0.05, 0) is 12.8 Å². The van der Waals surface area contributed by atoms with Gasteiger partial charge in [0.1, 0.15) is 11.7 Å². The van der Waals surface area contributed by atoms with Crippen molar-refractivity contribution in [2.75, 3.05) is 0 Å². The van der Waals surface area contributed by atoms with E-state index >= 15 is 0 Å². The van der Waals surface area contributed by atoms with Crippen LogP contribution in [0.25, 0.3) is 0 Å². The average molecular weight is 142 g/mol. The fourth-order valence-corrected chi connectivity index (χ4v) is 1.39. The Morgan fingerprint density at radius 1 is 1.50 bits per heavy atom. The average Bonchev–Trinajstić information content (AvgIpc) is 2.36. The Labute approximate surface area is 59.8 Å². The van der Waals surface area contributed by atoms with Gasteiger partial charge in [0.05, 0.1) is 6.07 Å². The zero-order valence-electron chi connectivity index (χ0n) is 5.81. The maximum absolute atomic E-state index is 13.4. The third-order valence-corrected chi connectivity index (χ3v) is 2.13. The number of nitrogens with two attached hydrogens (primary N) is 1. The lowest BCUT2D eigenvalue weighted by atomic mass is 9.96. The number of halogens is 1. The van der Waals surface area contributed by atoms with Crippen molar-refractivity contribution in [1.82, 2.24) is 0 Å². The number of hydrogen-bond donors (Lipinski definition) is 1. The number of nitriles is 1. The SMILES string of the molecule is N#CC(N)C1(F)CCCC1. The summed E-state index contributed by atoms with van der Waals surface area (Å²) in [7, 11) is 0. The standard InChI is InChI=1S/C7H11FN2/c8-7(6(10)5-9)3-1-2-4-7/h6H,1-4,10H2. The maximum atomic E-state index is 13.4. The Kier molecular flexibility index (Phi) is 1.91. The lowest BCUT2D eigenvalue weighted by Crippen LogP contribution is -2.40. The molecule has 0 bridgehead atoms. The van der Waals surface area contributed by atoms with Gasteiger partial charge in [-0.15, -0.1) is 0 Å². The van der Waals surface area contributed by atoms with Crippen LogP contribution in [-0.4, -0.2) is 11.7 Å². The van der Waals surface area contributed by atoms with E-state index in [0.29, 0.717) is 12.8 Å². The van der Waals surface area contributed by atoms with Crippen LogP contribution < -0.4 is 5.73 Å². The van der Waals surface area contributed by atoms with Gasteiger partial charge in [-0.25, -0.2) is 4.39 Å². The molecule has 2 N–H and O–H groups in total. The third kappa shape index (κ3) is 1.12. The molecule has 0 aromatic heterocycles. The lowest BCUT2D eigenvalue weighted by Gasteiger charge is -2.20. The monoisotopic (exact) mass is 142 g/mol. The Morgan fingerprint density at radius 3 is 2.40 bits per heavy atom. The molecule has 0 heterocycles. The van der Waals surface area contributed by atoms with E-state index in [-0.39, 0.29) is 0 Å². The molecule has 0 aliphatic heterocycles. The molecule has 1 aliphatic rings. The van der Waals surface area contributed by atoms with Crippen LogP contribution in [0.15, 0.2) is 0 Å². The van der Waals surface area contributed by atoms with Gasteiger partial charge in [-0.3, -0.25) is 0 Å². The molecule has 0 radical (unpaired) electrons. The molecule has 56 valence electrons. The summed E-state index contributed by atoms with van der Waals surface area (Å²) in [6, 6.07) is 0.829. The Balaban J connectivity index is 2.60. The van der Waals surface area contributed by atoms with E-state index < -0.39 is 11.7 Å². The third-order valence-electron chi connectivity index (χ3n) is 2.13. The van der Waals surface area contributed by atoms with Crippen molar-refractivity contribution in [2.45, 2.75) is 37.4 Å². The van der Waals surface area contributed by atoms with Crippen LogP contribution in [-0.2, 0) is 0 Å². The van der Waals surface area contributed by atoms with E-state index in [9.17, 15) is 4.39 Å². The fourth-order valence-electron chi connectivity index (χ4n) is 1.39. The van der Waals surface area contributed by atoms with Gasteiger partial charge in [0.2, 0.25) is 0 Å². The maximum Gasteiger partial charge on any atom is 0.139 e. The fraction of sp³-hybridized carbons (Fsp3) is 0.857. The highest BCUT2D eigenvalue weighted by atomic mass is 19.1. The molecular weight excluding hydrogens is 131 g/mol. The second-order valence-corrected chi connectivity index (χ2v) is 2.85. The quantitative estimate of drug-likeness (QED) is 0.596. The van der Waals surface area contributed by atoms with Gasteiger partial charge in [0.15, 0.2) is 0 Å². The zero-order valence-corrected chi connectivity index (χ0v) is 5.81. The van der Waals surface area contributed by atoms with E-state index in [4.69, 9.17) is 11.0 Å². The van der Waals surface area contributed by atoms with Crippen molar-refractivity contribution in [1.29, 1.82) is 5.26 Å². The molecule has 3 heteroatoms. The summed E-state index contributed by atoms with van der Waals surface area (Å²) >= 11 is 0. The van der Waals surface area contributed by atoms with Gasteiger partial charge >= 0.3 is 0 Å². The molecular formula is C7H11FN2. The van der Waals surface area contributed by atoms with Gasteiger partial charge in [0, 0.05) is 0 Å². The zero-order chi connectivity index (χ0) is 7.61. The van der Waals surface area contributed by atoms with Crippen molar-refractivity contribution in [3.63, 3.8) is 0 Å². The molecule has 1 rings (SSSR count). The highest BCUT2D eigenvalue weighted by Gasteiger charge is 2.39. The predicted octanol–water partition coefficient (Wildman–Crippen LogP) is 1.12. The predicted molar refractivity (Wildman–Crippen MR) is 35.9 cm³/mol. The van der Waals surface area contributed by atoms with Crippen molar-refractivity contribution in [2.24, 2.45) is 5.73 Å². The van der Waals surface area contributed by atoms with Crippen LogP contribution in [0.5, 0.6) is 0 Å². The summed E-state index contributed by atoms with van der Waals surface area (Å²) < 4.78 is 13.4. The van der Waals surface area contributed by atoms with E-state index in [1.54, 1.807) is 6.07 Å². The van der Waals surface area contributed by atoms with E-state index in [0.717, 1.165) is 12.8 Å². The summed E-state index contributed by atoms with van der Waals surface area (Å²) in [5.41, 5.74) is 3.90. The minimum Gasteiger partial charge on any atom is -0.313 e. The van der Waals surface area contributed by atoms with Crippen molar-refractivity contribution < 1.29 is 4.39 Å². The van der Waals surface area contributed by atoms with Gasteiger partial charge < -0.3 is 5.73 Å². The molecule has 0 aromatic carbocycles.